The van der Waals surface area contributed by atoms with E-state index >= 15 is 0 Å². The fraction of sp³-hybridized carbons (Fsp3) is 0.833. The van der Waals surface area contributed by atoms with E-state index < -0.39 is 5.41 Å². The molecule has 0 aromatic carbocycles. The first-order chi connectivity index (χ1) is 8.55. The standard InChI is InChI=1S/C12H24N2O3S/c1-4-12(5-2,10(13)18)11(15)14-6-7-17-9-8-16-3/h4-9H2,1-3H3,(H2,13,18)(H,14,15). The molecule has 0 atom stereocenters. The topological polar surface area (TPSA) is 73.6 Å². The molecule has 0 aromatic heterocycles. The fourth-order valence-corrected chi connectivity index (χ4v) is 2.06. The Morgan fingerprint density at radius 2 is 1.89 bits per heavy atom. The second-order valence-electron chi connectivity index (χ2n) is 4.01. The molecule has 1 amide bonds. The van der Waals surface area contributed by atoms with Crippen LogP contribution in [-0.4, -0.2) is 44.4 Å². The molecule has 0 aliphatic heterocycles. The van der Waals surface area contributed by atoms with E-state index in [9.17, 15) is 4.79 Å². The van der Waals surface area contributed by atoms with E-state index in [2.05, 4.69) is 5.32 Å². The molecule has 0 unspecified atom stereocenters. The quantitative estimate of drug-likeness (QED) is 0.457. The van der Waals surface area contributed by atoms with Crippen LogP contribution in [0.2, 0.25) is 0 Å². The van der Waals surface area contributed by atoms with Gasteiger partial charge in [-0.1, -0.05) is 26.1 Å². The Balaban J connectivity index is 4.09. The maximum Gasteiger partial charge on any atom is 0.233 e. The maximum atomic E-state index is 12.1. The molecular weight excluding hydrogens is 252 g/mol. The van der Waals surface area contributed by atoms with Crippen LogP contribution in [0.5, 0.6) is 0 Å². The molecule has 0 spiro atoms. The van der Waals surface area contributed by atoms with Gasteiger partial charge in [0.1, 0.15) is 0 Å². The van der Waals surface area contributed by atoms with Gasteiger partial charge in [0.05, 0.1) is 30.2 Å². The summed E-state index contributed by atoms with van der Waals surface area (Å²) in [5.41, 5.74) is 4.95. The van der Waals surface area contributed by atoms with Gasteiger partial charge < -0.3 is 20.5 Å². The van der Waals surface area contributed by atoms with Crippen molar-refractivity contribution in [1.29, 1.82) is 0 Å². The van der Waals surface area contributed by atoms with Crippen LogP contribution >= 0.6 is 12.2 Å². The van der Waals surface area contributed by atoms with Crippen molar-refractivity contribution in [3.8, 4) is 0 Å². The van der Waals surface area contributed by atoms with E-state index in [0.29, 0.717) is 39.2 Å². The van der Waals surface area contributed by atoms with E-state index in [0.717, 1.165) is 0 Å². The van der Waals surface area contributed by atoms with Crippen molar-refractivity contribution in [2.75, 3.05) is 33.5 Å². The second-order valence-corrected chi connectivity index (χ2v) is 4.45. The molecule has 0 radical (unpaired) electrons. The van der Waals surface area contributed by atoms with Gasteiger partial charge in [-0.15, -0.1) is 0 Å². The van der Waals surface area contributed by atoms with Gasteiger partial charge in [-0.05, 0) is 12.8 Å². The number of hydrogen-bond donors (Lipinski definition) is 2. The van der Waals surface area contributed by atoms with Crippen LogP contribution in [0.4, 0.5) is 0 Å². The van der Waals surface area contributed by atoms with Gasteiger partial charge in [0, 0.05) is 13.7 Å². The minimum Gasteiger partial charge on any atom is -0.392 e. The Bertz CT molecular complexity index is 268. The Hall–Kier alpha value is -0.720. The highest BCUT2D eigenvalue weighted by Crippen LogP contribution is 2.26. The lowest BCUT2D eigenvalue weighted by atomic mass is 9.81. The summed E-state index contributed by atoms with van der Waals surface area (Å²) >= 11 is 5.01. The van der Waals surface area contributed by atoms with E-state index in [1.165, 1.54) is 0 Å². The normalized spacial score (nSPS) is 11.3. The van der Waals surface area contributed by atoms with Gasteiger partial charge in [-0.25, -0.2) is 0 Å². The number of ether oxygens (including phenoxy) is 2. The van der Waals surface area contributed by atoms with Gasteiger partial charge in [-0.3, -0.25) is 4.79 Å². The Morgan fingerprint density at radius 3 is 2.33 bits per heavy atom. The Morgan fingerprint density at radius 1 is 1.28 bits per heavy atom. The number of thiocarbonyl (C=S) groups is 1. The molecular formula is C12H24N2O3S. The zero-order chi connectivity index (χ0) is 14.0. The predicted octanol–water partition coefficient (Wildman–Crippen LogP) is 0.858. The van der Waals surface area contributed by atoms with Crippen molar-refractivity contribution >= 4 is 23.1 Å². The number of carbonyl (C=O) groups is 1. The molecule has 0 saturated carbocycles. The molecule has 0 aliphatic carbocycles. The minimum atomic E-state index is -0.734. The summed E-state index contributed by atoms with van der Waals surface area (Å²) in [6.07, 6.45) is 1.21. The monoisotopic (exact) mass is 276 g/mol. The summed E-state index contributed by atoms with van der Waals surface area (Å²) in [4.78, 5) is 12.4. The fourth-order valence-electron chi connectivity index (χ4n) is 1.68. The molecule has 5 nitrogen and oxygen atoms in total. The number of carbonyl (C=O) groups excluding carboxylic acids is 1. The lowest BCUT2D eigenvalue weighted by molar-refractivity contribution is -0.128. The molecule has 0 aliphatic rings. The second kappa shape index (κ2) is 9.24. The van der Waals surface area contributed by atoms with Crippen molar-refractivity contribution in [2.45, 2.75) is 26.7 Å². The Kier molecular flexibility index (Phi) is 8.87. The average molecular weight is 276 g/mol. The van der Waals surface area contributed by atoms with Crippen LogP contribution in [0.25, 0.3) is 0 Å². The average Bonchev–Trinajstić information content (AvgIpc) is 2.35. The number of methoxy groups -OCH3 is 1. The van der Waals surface area contributed by atoms with Crippen LogP contribution in [-0.2, 0) is 14.3 Å². The third kappa shape index (κ3) is 4.88. The highest BCUT2D eigenvalue weighted by Gasteiger charge is 2.37. The third-order valence-electron chi connectivity index (χ3n) is 3.08. The summed E-state index contributed by atoms with van der Waals surface area (Å²) in [6.45, 7) is 5.81. The van der Waals surface area contributed by atoms with Crippen molar-refractivity contribution < 1.29 is 14.3 Å². The number of nitrogens with two attached hydrogens (primary N) is 1. The third-order valence-corrected chi connectivity index (χ3v) is 3.47. The lowest BCUT2D eigenvalue weighted by Crippen LogP contribution is -2.49. The van der Waals surface area contributed by atoms with Crippen LogP contribution in [0.15, 0.2) is 0 Å². The molecule has 0 rings (SSSR count). The number of nitrogens with one attached hydrogen (secondary N) is 1. The van der Waals surface area contributed by atoms with Crippen LogP contribution in [0, 0.1) is 5.41 Å². The predicted molar refractivity (Wildman–Crippen MR) is 75.5 cm³/mol. The SMILES string of the molecule is CCC(CC)(C(=O)NCCOCCOC)C(N)=S. The minimum absolute atomic E-state index is 0.115. The number of hydrogen-bond acceptors (Lipinski definition) is 4. The van der Waals surface area contributed by atoms with Crippen molar-refractivity contribution in [3.05, 3.63) is 0 Å². The lowest BCUT2D eigenvalue weighted by Gasteiger charge is -2.28. The highest BCUT2D eigenvalue weighted by molar-refractivity contribution is 7.80. The van der Waals surface area contributed by atoms with Crippen molar-refractivity contribution in [3.63, 3.8) is 0 Å². The molecule has 3 N–H and O–H groups in total. The van der Waals surface area contributed by atoms with E-state index in [1.807, 2.05) is 13.8 Å². The van der Waals surface area contributed by atoms with E-state index in [4.69, 9.17) is 27.4 Å². The van der Waals surface area contributed by atoms with Gasteiger partial charge >= 0.3 is 0 Å². The summed E-state index contributed by atoms with van der Waals surface area (Å²) in [5.74, 6) is -0.115. The van der Waals surface area contributed by atoms with E-state index in [1.54, 1.807) is 7.11 Å². The van der Waals surface area contributed by atoms with Crippen molar-refractivity contribution in [1.82, 2.24) is 5.32 Å². The zero-order valence-electron chi connectivity index (χ0n) is 11.5. The summed E-state index contributed by atoms with van der Waals surface area (Å²) in [7, 11) is 1.62. The summed E-state index contributed by atoms with van der Waals surface area (Å²) in [5, 5.41) is 2.81. The zero-order valence-corrected chi connectivity index (χ0v) is 12.3. The number of rotatable bonds is 10. The molecule has 0 bridgehead atoms. The molecule has 106 valence electrons. The summed E-state index contributed by atoms with van der Waals surface area (Å²) in [6, 6.07) is 0. The highest BCUT2D eigenvalue weighted by atomic mass is 32.1. The summed E-state index contributed by atoms with van der Waals surface area (Å²) < 4.78 is 10.1. The molecule has 0 aromatic rings. The van der Waals surface area contributed by atoms with Gasteiger partial charge in [0.15, 0.2) is 0 Å². The molecule has 0 saturated heterocycles. The van der Waals surface area contributed by atoms with E-state index in [-0.39, 0.29) is 10.9 Å². The number of amides is 1. The molecule has 0 heterocycles. The Labute approximate surface area is 114 Å². The van der Waals surface area contributed by atoms with Crippen LogP contribution in [0.1, 0.15) is 26.7 Å². The van der Waals surface area contributed by atoms with Crippen LogP contribution < -0.4 is 11.1 Å². The molecule has 0 fully saturated rings. The van der Waals surface area contributed by atoms with Gasteiger partial charge in [0.2, 0.25) is 5.91 Å². The van der Waals surface area contributed by atoms with Crippen LogP contribution in [0.3, 0.4) is 0 Å². The van der Waals surface area contributed by atoms with Gasteiger partial charge in [0.25, 0.3) is 0 Å². The maximum absolute atomic E-state index is 12.1. The first kappa shape index (κ1) is 17.3. The largest absolute Gasteiger partial charge is 0.392 e. The van der Waals surface area contributed by atoms with Gasteiger partial charge in [-0.2, -0.15) is 0 Å². The smallest absolute Gasteiger partial charge is 0.233 e. The first-order valence-electron chi connectivity index (χ1n) is 6.20. The van der Waals surface area contributed by atoms with Crippen molar-refractivity contribution in [2.24, 2.45) is 11.1 Å². The first-order valence-corrected chi connectivity index (χ1v) is 6.60. The molecule has 6 heteroatoms. The molecule has 18 heavy (non-hydrogen) atoms.